The molecule has 28 heavy (non-hydrogen) atoms. The van der Waals surface area contributed by atoms with Crippen LogP contribution >= 0.6 is 11.8 Å². The van der Waals surface area contributed by atoms with Crippen molar-refractivity contribution in [3.8, 4) is 0 Å². The van der Waals surface area contributed by atoms with Crippen molar-refractivity contribution in [2.75, 3.05) is 11.5 Å². The molecule has 3 amide bonds. The molecule has 0 aromatic carbocycles. The SMILES string of the molecule is CCSCC(NC(=O)[C@H](C)NC(=O)[C@@H](NC(=O)CC(C)(C)C)C(C)C)C(=O)O. The molecule has 0 saturated carbocycles. The molecule has 0 aromatic heterocycles. The summed E-state index contributed by atoms with van der Waals surface area (Å²) in [5.41, 5.74) is -0.211. The van der Waals surface area contributed by atoms with E-state index in [0.717, 1.165) is 5.75 Å². The Morgan fingerprint density at radius 2 is 1.54 bits per heavy atom. The van der Waals surface area contributed by atoms with E-state index in [1.165, 1.54) is 18.7 Å². The Morgan fingerprint density at radius 3 is 1.96 bits per heavy atom. The average Bonchev–Trinajstić information content (AvgIpc) is 2.53. The number of carbonyl (C=O) groups is 4. The van der Waals surface area contributed by atoms with E-state index in [1.807, 2.05) is 27.7 Å². The van der Waals surface area contributed by atoms with Gasteiger partial charge in [-0.3, -0.25) is 14.4 Å². The van der Waals surface area contributed by atoms with Crippen LogP contribution in [0.2, 0.25) is 0 Å². The number of carbonyl (C=O) groups excluding carboxylic acids is 3. The van der Waals surface area contributed by atoms with Crippen LogP contribution in [0.25, 0.3) is 0 Å². The molecule has 0 rings (SSSR count). The van der Waals surface area contributed by atoms with E-state index in [1.54, 1.807) is 13.8 Å². The first-order chi connectivity index (χ1) is 12.8. The van der Waals surface area contributed by atoms with Crippen molar-refractivity contribution in [3.05, 3.63) is 0 Å². The highest BCUT2D eigenvalue weighted by atomic mass is 32.2. The van der Waals surface area contributed by atoms with Gasteiger partial charge in [-0.2, -0.15) is 11.8 Å². The van der Waals surface area contributed by atoms with Crippen molar-refractivity contribution in [2.24, 2.45) is 11.3 Å². The lowest BCUT2D eigenvalue weighted by Gasteiger charge is -2.26. The largest absolute Gasteiger partial charge is 0.480 e. The number of hydrogen-bond donors (Lipinski definition) is 4. The number of carboxylic acids is 1. The smallest absolute Gasteiger partial charge is 0.327 e. The molecule has 8 nitrogen and oxygen atoms in total. The van der Waals surface area contributed by atoms with Crippen molar-refractivity contribution in [1.82, 2.24) is 16.0 Å². The van der Waals surface area contributed by atoms with Crippen LogP contribution in [0.1, 0.15) is 54.9 Å². The Morgan fingerprint density at radius 1 is 0.964 bits per heavy atom. The van der Waals surface area contributed by atoms with Crippen molar-refractivity contribution >= 4 is 35.5 Å². The zero-order valence-electron chi connectivity index (χ0n) is 17.9. The summed E-state index contributed by atoms with van der Waals surface area (Å²) in [6.45, 7) is 12.8. The van der Waals surface area contributed by atoms with Crippen LogP contribution in [-0.4, -0.2) is 58.4 Å². The van der Waals surface area contributed by atoms with Crippen molar-refractivity contribution < 1.29 is 24.3 Å². The molecule has 1 unspecified atom stereocenters. The Hall–Kier alpha value is -1.77. The molecule has 162 valence electrons. The Kier molecular flexibility index (Phi) is 11.2. The highest BCUT2D eigenvalue weighted by Gasteiger charge is 2.29. The van der Waals surface area contributed by atoms with Crippen LogP contribution in [0.4, 0.5) is 0 Å². The first-order valence-electron chi connectivity index (χ1n) is 9.49. The second-order valence-corrected chi connectivity index (χ2v) is 9.63. The van der Waals surface area contributed by atoms with Gasteiger partial charge in [0.2, 0.25) is 17.7 Å². The molecule has 0 aromatic rings. The van der Waals surface area contributed by atoms with Crippen molar-refractivity contribution in [2.45, 2.75) is 73.0 Å². The minimum absolute atomic E-state index is 0.174. The van der Waals surface area contributed by atoms with E-state index in [0.29, 0.717) is 0 Å². The monoisotopic (exact) mass is 417 g/mol. The van der Waals surface area contributed by atoms with Gasteiger partial charge in [0.05, 0.1) is 0 Å². The lowest BCUT2D eigenvalue weighted by Crippen LogP contribution is -2.56. The van der Waals surface area contributed by atoms with Gasteiger partial charge in [-0.25, -0.2) is 4.79 Å². The van der Waals surface area contributed by atoms with E-state index >= 15 is 0 Å². The lowest BCUT2D eigenvalue weighted by atomic mass is 9.91. The molecular weight excluding hydrogens is 382 g/mol. The number of amides is 3. The van der Waals surface area contributed by atoms with Crippen molar-refractivity contribution in [3.63, 3.8) is 0 Å². The number of carboxylic acid groups (broad SMARTS) is 1. The third-order valence-electron chi connectivity index (χ3n) is 3.81. The van der Waals surface area contributed by atoms with Gasteiger partial charge in [0, 0.05) is 12.2 Å². The van der Waals surface area contributed by atoms with Crippen LogP contribution in [0.3, 0.4) is 0 Å². The van der Waals surface area contributed by atoms with Gasteiger partial charge < -0.3 is 21.1 Å². The fourth-order valence-corrected chi connectivity index (χ4v) is 3.01. The maximum atomic E-state index is 12.6. The number of nitrogens with one attached hydrogen (secondary N) is 3. The fourth-order valence-electron chi connectivity index (χ4n) is 2.32. The number of rotatable bonds is 11. The summed E-state index contributed by atoms with van der Waals surface area (Å²) >= 11 is 1.40. The zero-order chi connectivity index (χ0) is 22.1. The highest BCUT2D eigenvalue weighted by Crippen LogP contribution is 2.18. The average molecular weight is 418 g/mol. The molecule has 0 bridgehead atoms. The van der Waals surface area contributed by atoms with Gasteiger partial charge in [-0.05, 0) is 24.0 Å². The molecule has 0 fully saturated rings. The van der Waals surface area contributed by atoms with E-state index in [9.17, 15) is 24.3 Å². The van der Waals surface area contributed by atoms with Crippen LogP contribution in [-0.2, 0) is 19.2 Å². The van der Waals surface area contributed by atoms with Gasteiger partial charge in [-0.1, -0.05) is 41.5 Å². The van der Waals surface area contributed by atoms with Gasteiger partial charge >= 0.3 is 5.97 Å². The summed E-state index contributed by atoms with van der Waals surface area (Å²) in [6, 6.07) is -2.73. The van der Waals surface area contributed by atoms with Crippen LogP contribution in [0.5, 0.6) is 0 Å². The molecule has 0 aliphatic rings. The number of thioether (sulfide) groups is 1. The van der Waals surface area contributed by atoms with Gasteiger partial charge in [-0.15, -0.1) is 0 Å². The highest BCUT2D eigenvalue weighted by molar-refractivity contribution is 7.99. The topological polar surface area (TPSA) is 125 Å². The van der Waals surface area contributed by atoms with Gasteiger partial charge in [0.15, 0.2) is 0 Å². The van der Waals surface area contributed by atoms with Crippen LogP contribution in [0.15, 0.2) is 0 Å². The maximum absolute atomic E-state index is 12.6. The van der Waals surface area contributed by atoms with E-state index in [-0.39, 0.29) is 29.4 Å². The standard InChI is InChI=1S/C19H35N3O5S/c1-8-28-10-13(18(26)27)21-16(24)12(4)20-17(25)15(11(2)3)22-14(23)9-19(5,6)7/h11-13,15H,8-10H2,1-7H3,(H,20,25)(H,21,24)(H,22,23)(H,26,27)/t12-,13?,15-/m0/s1. The van der Waals surface area contributed by atoms with Crippen molar-refractivity contribution in [1.29, 1.82) is 0 Å². The van der Waals surface area contributed by atoms with Gasteiger partial charge in [0.1, 0.15) is 18.1 Å². The molecule has 0 aliphatic heterocycles. The zero-order valence-corrected chi connectivity index (χ0v) is 18.7. The Labute approximate surface area is 172 Å². The van der Waals surface area contributed by atoms with Crippen LogP contribution in [0, 0.1) is 11.3 Å². The molecular formula is C19H35N3O5S. The van der Waals surface area contributed by atoms with Crippen LogP contribution < -0.4 is 16.0 Å². The summed E-state index contributed by atoms with van der Waals surface area (Å²) in [5.74, 6) is -1.61. The normalized spacial score (nSPS) is 14.7. The molecule has 9 heteroatoms. The Balaban J connectivity index is 4.90. The summed E-state index contributed by atoms with van der Waals surface area (Å²) in [6.07, 6.45) is 0.273. The second kappa shape index (κ2) is 11.9. The molecule has 0 saturated heterocycles. The maximum Gasteiger partial charge on any atom is 0.327 e. The molecule has 0 spiro atoms. The lowest BCUT2D eigenvalue weighted by molar-refractivity contribution is -0.141. The molecule has 3 atom stereocenters. The summed E-state index contributed by atoms with van der Waals surface area (Å²) < 4.78 is 0. The van der Waals surface area contributed by atoms with Gasteiger partial charge in [0.25, 0.3) is 0 Å². The number of aliphatic carboxylic acids is 1. The third kappa shape index (κ3) is 10.5. The molecule has 4 N–H and O–H groups in total. The molecule has 0 aliphatic carbocycles. The predicted octanol–water partition coefficient (Wildman–Crippen LogP) is 1.39. The minimum atomic E-state index is -1.12. The second-order valence-electron chi connectivity index (χ2n) is 8.32. The summed E-state index contributed by atoms with van der Waals surface area (Å²) in [7, 11) is 0. The first kappa shape index (κ1) is 26.2. The Bertz CT molecular complexity index is 560. The first-order valence-corrected chi connectivity index (χ1v) is 10.6. The van der Waals surface area contributed by atoms with E-state index in [2.05, 4.69) is 16.0 Å². The minimum Gasteiger partial charge on any atom is -0.480 e. The van der Waals surface area contributed by atoms with E-state index in [4.69, 9.17) is 0 Å². The molecule has 0 radical (unpaired) electrons. The fraction of sp³-hybridized carbons (Fsp3) is 0.789. The number of hydrogen-bond acceptors (Lipinski definition) is 5. The summed E-state index contributed by atoms with van der Waals surface area (Å²) in [5, 5.41) is 16.9. The molecule has 0 heterocycles. The predicted molar refractivity (Wildman–Crippen MR) is 111 cm³/mol. The summed E-state index contributed by atoms with van der Waals surface area (Å²) in [4.78, 5) is 48.3. The quantitative estimate of drug-likeness (QED) is 0.403. The van der Waals surface area contributed by atoms with E-state index < -0.39 is 35.9 Å². The third-order valence-corrected chi connectivity index (χ3v) is 4.79.